The molecule has 0 saturated carbocycles. The molecule has 1 saturated heterocycles. The van der Waals surface area contributed by atoms with Crippen LogP contribution in [0.4, 0.5) is 4.79 Å². The number of fused-ring (bicyclic) bond motifs is 1. The topological polar surface area (TPSA) is 55.8 Å². The number of hydrogen-bond donors (Lipinski definition) is 0. The highest BCUT2D eigenvalue weighted by Gasteiger charge is 2.47. The van der Waals surface area contributed by atoms with Gasteiger partial charge in [-0.15, -0.1) is 0 Å². The molecule has 1 atom stereocenters. The first-order valence-electron chi connectivity index (χ1n) is 8.37. The predicted molar refractivity (Wildman–Crippen MR) is 96.9 cm³/mol. The number of thioether (sulfide) groups is 1. The van der Waals surface area contributed by atoms with Crippen LogP contribution in [0.2, 0.25) is 0 Å². The molecule has 4 rings (SSSR count). The molecular weight excluding hydrogens is 350 g/mol. The lowest BCUT2D eigenvalue weighted by Crippen LogP contribution is -2.49. The molecule has 2 aliphatic heterocycles. The highest BCUT2D eigenvalue weighted by molar-refractivity contribution is 8.03. The van der Waals surface area contributed by atoms with Crippen LogP contribution >= 0.6 is 11.8 Å². The normalized spacial score (nSPS) is 18.4. The summed E-state index contributed by atoms with van der Waals surface area (Å²) in [5.41, 5.74) is 0.877. The minimum absolute atomic E-state index is 0.0236. The average Bonchev–Trinajstić information content (AvgIpc) is 2.92. The Balaban J connectivity index is 1.46. The lowest BCUT2D eigenvalue weighted by Gasteiger charge is -2.34. The fraction of sp³-hybridized carbons (Fsp3) is 0.200. The van der Waals surface area contributed by atoms with Crippen LogP contribution in [0.1, 0.15) is 18.4 Å². The largest absolute Gasteiger partial charge is 0.515 e. The standard InChI is InChI=1S/C20H17NO4S/c22-18-12-15-11-17(26-16-9-5-2-6-10-16)19(21(15)18)25-20(23)24-13-14-7-3-1-4-8-14/h1-10,15H,11-13H2. The third-order valence-corrected chi connectivity index (χ3v) is 5.38. The molecule has 2 heterocycles. The van der Waals surface area contributed by atoms with Gasteiger partial charge in [-0.2, -0.15) is 0 Å². The first-order chi connectivity index (χ1) is 12.7. The van der Waals surface area contributed by atoms with Crippen molar-refractivity contribution in [2.45, 2.75) is 30.4 Å². The second-order valence-corrected chi connectivity index (χ2v) is 7.26. The van der Waals surface area contributed by atoms with Crippen LogP contribution in [0.5, 0.6) is 0 Å². The van der Waals surface area contributed by atoms with Crippen molar-refractivity contribution in [2.24, 2.45) is 0 Å². The maximum Gasteiger partial charge on any atom is 0.515 e. The van der Waals surface area contributed by atoms with Crippen LogP contribution in [0.15, 0.2) is 76.3 Å². The number of ether oxygens (including phenoxy) is 2. The number of amides is 1. The minimum atomic E-state index is -0.796. The number of β-lactam (4-membered cyclic amide) rings is 1. The molecule has 1 unspecified atom stereocenters. The Kier molecular flexibility index (Phi) is 4.67. The quantitative estimate of drug-likeness (QED) is 0.582. The Morgan fingerprint density at radius 3 is 2.42 bits per heavy atom. The van der Waals surface area contributed by atoms with E-state index < -0.39 is 6.16 Å². The van der Waals surface area contributed by atoms with E-state index in [1.54, 1.807) is 4.90 Å². The smallest absolute Gasteiger partial charge is 0.429 e. The maximum absolute atomic E-state index is 12.1. The first kappa shape index (κ1) is 16.7. The van der Waals surface area contributed by atoms with E-state index in [0.29, 0.717) is 18.7 Å². The second-order valence-electron chi connectivity index (χ2n) is 6.10. The summed E-state index contributed by atoms with van der Waals surface area (Å²) in [7, 11) is 0. The van der Waals surface area contributed by atoms with E-state index >= 15 is 0 Å². The third kappa shape index (κ3) is 3.46. The van der Waals surface area contributed by atoms with E-state index in [0.717, 1.165) is 15.4 Å². The monoisotopic (exact) mass is 367 g/mol. The number of benzene rings is 2. The molecular formula is C20H17NO4S. The minimum Gasteiger partial charge on any atom is -0.429 e. The lowest BCUT2D eigenvalue weighted by molar-refractivity contribution is -0.144. The SMILES string of the molecule is O=C(OCc1ccccc1)OC1=C(Sc2ccccc2)CC2CC(=O)N12. The number of nitrogens with zero attached hydrogens (tertiary/aromatic N) is 1. The highest BCUT2D eigenvalue weighted by Crippen LogP contribution is 2.45. The summed E-state index contributed by atoms with van der Waals surface area (Å²) in [5.74, 6) is 0.294. The molecule has 2 aromatic rings. The Morgan fingerprint density at radius 2 is 1.73 bits per heavy atom. The van der Waals surface area contributed by atoms with Gasteiger partial charge >= 0.3 is 6.16 Å². The van der Waals surface area contributed by atoms with Crippen LogP contribution in [0, 0.1) is 0 Å². The van der Waals surface area contributed by atoms with Crippen molar-refractivity contribution in [1.82, 2.24) is 4.90 Å². The lowest BCUT2D eigenvalue weighted by atomic mass is 10.0. The molecule has 2 aliphatic rings. The Hall–Kier alpha value is -2.73. The van der Waals surface area contributed by atoms with Gasteiger partial charge in [0.15, 0.2) is 0 Å². The summed E-state index contributed by atoms with van der Waals surface area (Å²) >= 11 is 1.52. The van der Waals surface area contributed by atoms with E-state index in [9.17, 15) is 9.59 Å². The van der Waals surface area contributed by atoms with Crippen LogP contribution in [0.25, 0.3) is 0 Å². The van der Waals surface area contributed by atoms with Gasteiger partial charge in [0.25, 0.3) is 0 Å². The molecule has 26 heavy (non-hydrogen) atoms. The molecule has 0 spiro atoms. The third-order valence-electron chi connectivity index (χ3n) is 4.29. The zero-order valence-corrected chi connectivity index (χ0v) is 14.8. The first-order valence-corrected chi connectivity index (χ1v) is 9.19. The molecule has 2 aromatic carbocycles. The van der Waals surface area contributed by atoms with E-state index in [1.807, 2.05) is 60.7 Å². The molecule has 132 valence electrons. The average molecular weight is 367 g/mol. The van der Waals surface area contributed by atoms with Crippen LogP contribution in [-0.2, 0) is 20.9 Å². The van der Waals surface area contributed by atoms with E-state index in [4.69, 9.17) is 9.47 Å². The highest BCUT2D eigenvalue weighted by atomic mass is 32.2. The maximum atomic E-state index is 12.1. The summed E-state index contributed by atoms with van der Waals surface area (Å²) in [6.45, 7) is 0.130. The molecule has 0 radical (unpaired) electrons. The summed E-state index contributed by atoms with van der Waals surface area (Å²) in [4.78, 5) is 27.5. The molecule has 1 amide bonds. The van der Waals surface area contributed by atoms with Gasteiger partial charge in [-0.25, -0.2) is 4.79 Å². The number of carbonyl (C=O) groups is 2. The molecule has 0 aliphatic carbocycles. The van der Waals surface area contributed by atoms with Crippen molar-refractivity contribution >= 4 is 23.8 Å². The van der Waals surface area contributed by atoms with Gasteiger partial charge in [0.05, 0.1) is 10.9 Å². The van der Waals surface area contributed by atoms with Gasteiger partial charge < -0.3 is 9.47 Å². The zero-order chi connectivity index (χ0) is 17.9. The van der Waals surface area contributed by atoms with Gasteiger partial charge in [-0.05, 0) is 17.7 Å². The number of carbonyl (C=O) groups excluding carboxylic acids is 2. The molecule has 6 heteroatoms. The predicted octanol–water partition coefficient (Wildman–Crippen LogP) is 4.31. The van der Waals surface area contributed by atoms with Crippen molar-refractivity contribution in [3.63, 3.8) is 0 Å². The number of rotatable bonds is 5. The van der Waals surface area contributed by atoms with Gasteiger partial charge in [0.2, 0.25) is 11.8 Å². The van der Waals surface area contributed by atoms with Gasteiger partial charge in [0, 0.05) is 17.7 Å². The summed E-state index contributed by atoms with van der Waals surface area (Å²) in [6, 6.07) is 19.3. The van der Waals surface area contributed by atoms with Crippen molar-refractivity contribution < 1.29 is 19.1 Å². The Morgan fingerprint density at radius 1 is 1.04 bits per heavy atom. The molecule has 1 fully saturated rings. The van der Waals surface area contributed by atoms with Gasteiger partial charge in [-0.1, -0.05) is 60.3 Å². The van der Waals surface area contributed by atoms with E-state index in [-0.39, 0.29) is 18.6 Å². The number of hydrogen-bond acceptors (Lipinski definition) is 5. The van der Waals surface area contributed by atoms with E-state index in [1.165, 1.54) is 11.8 Å². The Labute approximate surface area is 155 Å². The Bertz CT molecular complexity index is 851. The summed E-state index contributed by atoms with van der Waals surface area (Å²) < 4.78 is 10.6. The molecule has 5 nitrogen and oxygen atoms in total. The van der Waals surface area contributed by atoms with Crippen LogP contribution in [0.3, 0.4) is 0 Å². The van der Waals surface area contributed by atoms with Crippen molar-refractivity contribution in [3.05, 3.63) is 77.0 Å². The molecule has 0 N–H and O–H groups in total. The van der Waals surface area contributed by atoms with Crippen molar-refractivity contribution in [1.29, 1.82) is 0 Å². The van der Waals surface area contributed by atoms with Gasteiger partial charge in [0.1, 0.15) is 6.61 Å². The van der Waals surface area contributed by atoms with Crippen molar-refractivity contribution in [2.75, 3.05) is 0 Å². The zero-order valence-electron chi connectivity index (χ0n) is 14.0. The van der Waals surface area contributed by atoms with Crippen LogP contribution < -0.4 is 0 Å². The molecule has 0 aromatic heterocycles. The fourth-order valence-corrected chi connectivity index (χ4v) is 4.09. The fourth-order valence-electron chi connectivity index (χ4n) is 3.01. The molecule has 0 bridgehead atoms. The van der Waals surface area contributed by atoms with Crippen LogP contribution in [-0.4, -0.2) is 23.0 Å². The van der Waals surface area contributed by atoms with E-state index in [2.05, 4.69) is 0 Å². The van der Waals surface area contributed by atoms with Crippen molar-refractivity contribution in [3.8, 4) is 0 Å². The second kappa shape index (κ2) is 7.25. The summed E-state index contributed by atoms with van der Waals surface area (Å²) in [5, 5.41) is 0. The van der Waals surface area contributed by atoms with Gasteiger partial charge in [-0.3, -0.25) is 9.69 Å². The summed E-state index contributed by atoms with van der Waals surface area (Å²) in [6.07, 6.45) is 0.396.